The van der Waals surface area contributed by atoms with Crippen molar-refractivity contribution in [3.63, 3.8) is 0 Å². The molecule has 0 aliphatic rings. The molecule has 3 N–H and O–H groups in total. The number of rotatable bonds is 4. The number of carbonyl (C=O) groups is 1. The molecule has 2 aromatic rings. The third kappa shape index (κ3) is 3.66. The standard InChI is InChI=1S/C14H13BFNO3/c16-13-3-1-2-11(8-13)14(18)17-9-10-4-6-12(7-5-10)15(19)20/h1-8,19-20H,9H2,(H,17,18). The second kappa shape index (κ2) is 6.32. The van der Waals surface area contributed by atoms with Crippen LogP contribution in [0.3, 0.4) is 0 Å². The van der Waals surface area contributed by atoms with E-state index < -0.39 is 12.9 Å². The molecule has 4 nitrogen and oxygen atoms in total. The van der Waals surface area contributed by atoms with Crippen LogP contribution in [0.2, 0.25) is 0 Å². The molecule has 0 saturated heterocycles. The summed E-state index contributed by atoms with van der Waals surface area (Å²) in [6.07, 6.45) is 0. The molecular formula is C14H13BFNO3. The molecule has 0 aliphatic heterocycles. The minimum Gasteiger partial charge on any atom is -0.423 e. The lowest BCUT2D eigenvalue weighted by molar-refractivity contribution is 0.0950. The molecule has 0 aromatic heterocycles. The van der Waals surface area contributed by atoms with Crippen molar-refractivity contribution in [2.45, 2.75) is 6.54 Å². The highest BCUT2D eigenvalue weighted by Crippen LogP contribution is 2.04. The summed E-state index contributed by atoms with van der Waals surface area (Å²) in [5.41, 5.74) is 1.44. The molecule has 0 atom stereocenters. The van der Waals surface area contributed by atoms with Crippen LogP contribution in [0.25, 0.3) is 0 Å². The molecule has 1 amide bonds. The van der Waals surface area contributed by atoms with Gasteiger partial charge < -0.3 is 15.4 Å². The van der Waals surface area contributed by atoms with E-state index in [9.17, 15) is 9.18 Å². The van der Waals surface area contributed by atoms with Gasteiger partial charge in [-0.25, -0.2) is 4.39 Å². The average Bonchev–Trinajstić information content (AvgIpc) is 2.45. The highest BCUT2D eigenvalue weighted by atomic mass is 19.1. The first kappa shape index (κ1) is 14.2. The molecule has 0 saturated carbocycles. The lowest BCUT2D eigenvalue weighted by Crippen LogP contribution is -2.29. The predicted molar refractivity (Wildman–Crippen MR) is 73.8 cm³/mol. The van der Waals surface area contributed by atoms with Gasteiger partial charge in [0.25, 0.3) is 5.91 Å². The first-order valence-corrected chi connectivity index (χ1v) is 6.05. The summed E-state index contributed by atoms with van der Waals surface area (Å²) in [4.78, 5) is 11.8. The topological polar surface area (TPSA) is 69.6 Å². The van der Waals surface area contributed by atoms with Crippen LogP contribution in [0, 0.1) is 5.82 Å². The monoisotopic (exact) mass is 273 g/mol. The van der Waals surface area contributed by atoms with E-state index in [1.54, 1.807) is 24.3 Å². The van der Waals surface area contributed by atoms with Crippen molar-refractivity contribution in [1.82, 2.24) is 5.32 Å². The second-order valence-corrected chi connectivity index (χ2v) is 4.31. The smallest absolute Gasteiger partial charge is 0.423 e. The Morgan fingerprint density at radius 2 is 1.85 bits per heavy atom. The molecule has 0 fully saturated rings. The van der Waals surface area contributed by atoms with Gasteiger partial charge in [-0.15, -0.1) is 0 Å². The largest absolute Gasteiger partial charge is 0.488 e. The molecule has 0 radical (unpaired) electrons. The lowest BCUT2D eigenvalue weighted by Gasteiger charge is -2.06. The van der Waals surface area contributed by atoms with Crippen LogP contribution >= 0.6 is 0 Å². The Balaban J connectivity index is 1.96. The SMILES string of the molecule is O=C(NCc1ccc(B(O)O)cc1)c1cccc(F)c1. The van der Waals surface area contributed by atoms with Crippen molar-refractivity contribution >= 4 is 18.5 Å². The minimum atomic E-state index is -1.51. The third-order valence-electron chi connectivity index (χ3n) is 2.82. The van der Waals surface area contributed by atoms with Gasteiger partial charge in [0.2, 0.25) is 0 Å². The van der Waals surface area contributed by atoms with Gasteiger partial charge in [0, 0.05) is 12.1 Å². The highest BCUT2D eigenvalue weighted by Gasteiger charge is 2.10. The van der Waals surface area contributed by atoms with E-state index in [1.807, 2.05) is 0 Å². The van der Waals surface area contributed by atoms with Gasteiger partial charge in [0.15, 0.2) is 0 Å². The van der Waals surface area contributed by atoms with E-state index in [0.717, 1.165) is 5.56 Å². The molecule has 0 aliphatic carbocycles. The Morgan fingerprint density at radius 3 is 2.45 bits per heavy atom. The van der Waals surface area contributed by atoms with Gasteiger partial charge in [-0.1, -0.05) is 30.3 Å². The van der Waals surface area contributed by atoms with E-state index in [4.69, 9.17) is 10.0 Å². The normalized spacial score (nSPS) is 10.2. The van der Waals surface area contributed by atoms with E-state index in [2.05, 4.69) is 5.32 Å². The Kier molecular flexibility index (Phi) is 4.50. The number of nitrogens with one attached hydrogen (secondary N) is 1. The fourth-order valence-corrected chi connectivity index (χ4v) is 1.72. The number of benzene rings is 2. The first-order chi connectivity index (χ1) is 9.56. The van der Waals surface area contributed by atoms with Crippen molar-refractivity contribution in [2.24, 2.45) is 0 Å². The minimum absolute atomic E-state index is 0.257. The van der Waals surface area contributed by atoms with Gasteiger partial charge in [0.1, 0.15) is 5.82 Å². The average molecular weight is 273 g/mol. The van der Waals surface area contributed by atoms with Gasteiger partial charge in [0.05, 0.1) is 0 Å². The van der Waals surface area contributed by atoms with Crippen LogP contribution in [0.5, 0.6) is 0 Å². The van der Waals surface area contributed by atoms with Crippen molar-refractivity contribution in [3.05, 3.63) is 65.5 Å². The summed E-state index contributed by atoms with van der Waals surface area (Å²) in [6, 6.07) is 11.9. The van der Waals surface area contributed by atoms with Crippen LogP contribution in [0.15, 0.2) is 48.5 Å². The number of hydrogen-bond acceptors (Lipinski definition) is 3. The number of hydrogen-bond donors (Lipinski definition) is 3. The third-order valence-corrected chi connectivity index (χ3v) is 2.82. The number of carbonyl (C=O) groups excluding carboxylic acids is 1. The Hall–Kier alpha value is -2.18. The molecule has 2 rings (SSSR count). The van der Waals surface area contributed by atoms with Crippen molar-refractivity contribution in [2.75, 3.05) is 0 Å². The van der Waals surface area contributed by atoms with Crippen LogP contribution in [0.4, 0.5) is 4.39 Å². The summed E-state index contributed by atoms with van der Waals surface area (Å²) >= 11 is 0. The zero-order valence-electron chi connectivity index (χ0n) is 10.6. The van der Waals surface area contributed by atoms with E-state index in [-0.39, 0.29) is 18.0 Å². The van der Waals surface area contributed by atoms with Gasteiger partial charge in [-0.2, -0.15) is 0 Å². The fourth-order valence-electron chi connectivity index (χ4n) is 1.72. The highest BCUT2D eigenvalue weighted by molar-refractivity contribution is 6.58. The summed E-state index contributed by atoms with van der Waals surface area (Å²) in [5.74, 6) is -0.824. The van der Waals surface area contributed by atoms with E-state index in [0.29, 0.717) is 5.46 Å². The Morgan fingerprint density at radius 1 is 1.15 bits per heavy atom. The Bertz CT molecular complexity index is 602. The second-order valence-electron chi connectivity index (χ2n) is 4.31. The molecule has 0 spiro atoms. The molecule has 0 heterocycles. The lowest BCUT2D eigenvalue weighted by atomic mass is 9.80. The summed E-state index contributed by atoms with van der Waals surface area (Å²) in [7, 11) is -1.51. The number of halogens is 1. The summed E-state index contributed by atoms with van der Waals surface area (Å²) in [6.45, 7) is 0.275. The van der Waals surface area contributed by atoms with Gasteiger partial charge in [-0.3, -0.25) is 4.79 Å². The molecule has 0 bridgehead atoms. The van der Waals surface area contributed by atoms with E-state index in [1.165, 1.54) is 24.3 Å². The zero-order chi connectivity index (χ0) is 14.5. The van der Waals surface area contributed by atoms with Gasteiger partial charge in [-0.05, 0) is 29.2 Å². The summed E-state index contributed by atoms with van der Waals surface area (Å²) < 4.78 is 13.0. The predicted octanol–water partition coefficient (Wildman–Crippen LogP) is 0.435. The maximum Gasteiger partial charge on any atom is 0.488 e. The van der Waals surface area contributed by atoms with E-state index >= 15 is 0 Å². The maximum absolute atomic E-state index is 13.0. The van der Waals surface area contributed by atoms with Crippen LogP contribution in [0.1, 0.15) is 15.9 Å². The quantitative estimate of drug-likeness (QED) is 0.708. The molecule has 102 valence electrons. The molecular weight excluding hydrogens is 260 g/mol. The maximum atomic E-state index is 13.0. The van der Waals surface area contributed by atoms with Crippen molar-refractivity contribution in [1.29, 1.82) is 0 Å². The molecule has 20 heavy (non-hydrogen) atoms. The number of amides is 1. The fraction of sp³-hybridized carbons (Fsp3) is 0.0714. The summed E-state index contributed by atoms with van der Waals surface area (Å²) in [5, 5.41) is 20.6. The molecule has 2 aromatic carbocycles. The van der Waals surface area contributed by atoms with Crippen LogP contribution < -0.4 is 10.8 Å². The zero-order valence-corrected chi connectivity index (χ0v) is 10.6. The van der Waals surface area contributed by atoms with Crippen molar-refractivity contribution < 1.29 is 19.2 Å². The van der Waals surface area contributed by atoms with Crippen LogP contribution in [-0.4, -0.2) is 23.1 Å². The molecule has 0 unspecified atom stereocenters. The molecule has 6 heteroatoms. The van der Waals surface area contributed by atoms with Gasteiger partial charge >= 0.3 is 7.12 Å². The first-order valence-electron chi connectivity index (χ1n) is 6.05. The van der Waals surface area contributed by atoms with Crippen molar-refractivity contribution in [3.8, 4) is 0 Å². The Labute approximate surface area is 116 Å². The van der Waals surface area contributed by atoms with Crippen LogP contribution in [-0.2, 0) is 6.54 Å².